The second kappa shape index (κ2) is 4.44. The monoisotopic (exact) mass is 254 g/mol. The summed E-state index contributed by atoms with van der Waals surface area (Å²) in [5.41, 5.74) is 10.1. The Kier molecular flexibility index (Phi) is 2.76. The van der Waals surface area contributed by atoms with Crippen LogP contribution in [0.1, 0.15) is 15.9 Å². The van der Waals surface area contributed by atoms with Crippen molar-refractivity contribution in [2.45, 2.75) is 0 Å². The zero-order chi connectivity index (χ0) is 13.4. The van der Waals surface area contributed by atoms with E-state index in [1.807, 2.05) is 29.8 Å². The van der Waals surface area contributed by atoms with Crippen molar-refractivity contribution in [3.8, 4) is 11.3 Å². The van der Waals surface area contributed by atoms with E-state index < -0.39 is 0 Å². The van der Waals surface area contributed by atoms with E-state index in [4.69, 9.17) is 5.73 Å². The molecule has 2 N–H and O–H groups in total. The zero-order valence-electron chi connectivity index (χ0n) is 10.6. The number of benzene rings is 1. The molecule has 5 heteroatoms. The SMILES string of the molecule is Cn1cncc1-c1ccc2c(c1)C(CN)=NCC2=O. The summed E-state index contributed by atoms with van der Waals surface area (Å²) < 4.78 is 1.94. The highest BCUT2D eigenvalue weighted by Gasteiger charge is 2.20. The van der Waals surface area contributed by atoms with Crippen molar-refractivity contribution in [3.63, 3.8) is 0 Å². The maximum atomic E-state index is 11.8. The van der Waals surface area contributed by atoms with E-state index in [1.54, 1.807) is 12.5 Å². The number of carbonyl (C=O) groups is 1. The molecular weight excluding hydrogens is 240 g/mol. The molecule has 96 valence electrons. The van der Waals surface area contributed by atoms with Gasteiger partial charge in [-0.2, -0.15) is 0 Å². The summed E-state index contributed by atoms with van der Waals surface area (Å²) >= 11 is 0. The molecule has 1 aromatic carbocycles. The molecule has 0 amide bonds. The summed E-state index contributed by atoms with van der Waals surface area (Å²) in [5.74, 6) is 0.0451. The number of Topliss-reactive ketones (excluding diaryl/α,β-unsaturated/α-hetero) is 1. The summed E-state index contributed by atoms with van der Waals surface area (Å²) in [6, 6.07) is 5.76. The van der Waals surface area contributed by atoms with Gasteiger partial charge in [-0.1, -0.05) is 6.07 Å². The third-order valence-corrected chi connectivity index (χ3v) is 3.35. The van der Waals surface area contributed by atoms with Crippen LogP contribution in [0.25, 0.3) is 11.3 Å². The quantitative estimate of drug-likeness (QED) is 0.870. The summed E-state index contributed by atoms with van der Waals surface area (Å²) in [4.78, 5) is 20.2. The molecular formula is C14H14N4O. The van der Waals surface area contributed by atoms with Crippen LogP contribution in [0, 0.1) is 0 Å². The maximum Gasteiger partial charge on any atom is 0.184 e. The first kappa shape index (κ1) is 11.8. The standard InChI is InChI=1S/C14H14N4O/c1-18-8-16-6-13(18)9-2-3-10-11(4-9)12(5-15)17-7-14(10)19/h2-4,6,8H,5,7,15H2,1H3. The lowest BCUT2D eigenvalue weighted by Crippen LogP contribution is -2.25. The first-order valence-electron chi connectivity index (χ1n) is 6.08. The Bertz CT molecular complexity index is 685. The van der Waals surface area contributed by atoms with E-state index in [0.717, 1.165) is 22.5 Å². The Labute approximate surface area is 110 Å². The van der Waals surface area contributed by atoms with Crippen LogP contribution < -0.4 is 5.73 Å². The Balaban J connectivity index is 2.16. The molecule has 0 unspecified atom stereocenters. The van der Waals surface area contributed by atoms with Gasteiger partial charge in [0.25, 0.3) is 0 Å². The zero-order valence-corrected chi connectivity index (χ0v) is 10.6. The van der Waals surface area contributed by atoms with Crippen LogP contribution in [-0.2, 0) is 7.05 Å². The lowest BCUT2D eigenvalue weighted by Gasteiger charge is -2.16. The molecule has 3 rings (SSSR count). The smallest absolute Gasteiger partial charge is 0.184 e. The molecule has 0 radical (unpaired) electrons. The van der Waals surface area contributed by atoms with Crippen molar-refractivity contribution in [1.29, 1.82) is 0 Å². The average Bonchev–Trinajstić information content (AvgIpc) is 2.85. The van der Waals surface area contributed by atoms with Gasteiger partial charge in [-0.25, -0.2) is 4.98 Å². The third-order valence-electron chi connectivity index (χ3n) is 3.35. The van der Waals surface area contributed by atoms with Crippen LogP contribution in [-0.4, -0.2) is 34.1 Å². The Morgan fingerprint density at radius 3 is 2.89 bits per heavy atom. The van der Waals surface area contributed by atoms with E-state index in [0.29, 0.717) is 12.1 Å². The van der Waals surface area contributed by atoms with Gasteiger partial charge in [-0.15, -0.1) is 0 Å². The predicted molar refractivity (Wildman–Crippen MR) is 73.4 cm³/mol. The highest BCUT2D eigenvalue weighted by Crippen LogP contribution is 2.24. The summed E-state index contributed by atoms with van der Waals surface area (Å²) in [6.45, 7) is 0.541. The molecule has 0 saturated heterocycles. The molecule has 0 spiro atoms. The van der Waals surface area contributed by atoms with Gasteiger partial charge in [-0.05, 0) is 12.1 Å². The number of aromatic nitrogens is 2. The fourth-order valence-electron chi connectivity index (χ4n) is 2.33. The van der Waals surface area contributed by atoms with Gasteiger partial charge in [0.2, 0.25) is 0 Å². The molecule has 2 aromatic rings. The van der Waals surface area contributed by atoms with E-state index in [9.17, 15) is 4.79 Å². The normalized spacial score (nSPS) is 14.2. The number of carbonyl (C=O) groups excluding carboxylic acids is 1. The fraction of sp³-hybridized carbons (Fsp3) is 0.214. The fourth-order valence-corrected chi connectivity index (χ4v) is 2.33. The number of nitrogens with zero attached hydrogens (tertiary/aromatic N) is 3. The number of nitrogens with two attached hydrogens (primary N) is 1. The van der Waals surface area contributed by atoms with E-state index >= 15 is 0 Å². The minimum Gasteiger partial charge on any atom is -0.334 e. The topological polar surface area (TPSA) is 73.3 Å². The highest BCUT2D eigenvalue weighted by molar-refractivity contribution is 6.16. The number of hydrogen-bond acceptors (Lipinski definition) is 4. The number of rotatable bonds is 2. The molecule has 0 saturated carbocycles. The van der Waals surface area contributed by atoms with Gasteiger partial charge >= 0.3 is 0 Å². The number of hydrogen-bond donors (Lipinski definition) is 1. The molecule has 19 heavy (non-hydrogen) atoms. The molecule has 1 aromatic heterocycles. The lowest BCUT2D eigenvalue weighted by molar-refractivity contribution is 0.1000. The van der Waals surface area contributed by atoms with Crippen molar-refractivity contribution >= 4 is 11.5 Å². The minimum atomic E-state index is 0.0451. The van der Waals surface area contributed by atoms with Crippen molar-refractivity contribution < 1.29 is 4.79 Å². The van der Waals surface area contributed by atoms with Gasteiger partial charge in [0.1, 0.15) is 6.54 Å². The maximum absolute atomic E-state index is 11.8. The van der Waals surface area contributed by atoms with Gasteiger partial charge in [0.05, 0.1) is 23.9 Å². The molecule has 0 aliphatic carbocycles. The Morgan fingerprint density at radius 2 is 2.21 bits per heavy atom. The molecule has 0 fully saturated rings. The number of ketones is 1. The Hall–Kier alpha value is -2.27. The first-order chi connectivity index (χ1) is 9.20. The van der Waals surface area contributed by atoms with E-state index in [1.165, 1.54) is 0 Å². The summed E-state index contributed by atoms with van der Waals surface area (Å²) in [5, 5.41) is 0. The number of fused-ring (bicyclic) bond motifs is 1. The van der Waals surface area contributed by atoms with Crippen LogP contribution in [0.4, 0.5) is 0 Å². The summed E-state index contributed by atoms with van der Waals surface area (Å²) in [7, 11) is 1.94. The van der Waals surface area contributed by atoms with Crippen molar-refractivity contribution in [2.75, 3.05) is 13.1 Å². The van der Waals surface area contributed by atoms with Gasteiger partial charge in [0.15, 0.2) is 5.78 Å². The largest absolute Gasteiger partial charge is 0.334 e. The molecule has 1 aliphatic rings. The second-order valence-corrected chi connectivity index (χ2v) is 4.54. The number of aryl methyl sites for hydroxylation is 1. The minimum absolute atomic E-state index is 0.0451. The van der Waals surface area contributed by atoms with Crippen LogP contribution in [0.3, 0.4) is 0 Å². The molecule has 1 aliphatic heterocycles. The van der Waals surface area contributed by atoms with Gasteiger partial charge in [0, 0.05) is 30.3 Å². The molecule has 5 nitrogen and oxygen atoms in total. The van der Waals surface area contributed by atoms with Crippen molar-refractivity contribution in [3.05, 3.63) is 41.9 Å². The number of aliphatic imine (C=N–C) groups is 1. The van der Waals surface area contributed by atoms with Crippen LogP contribution in [0.15, 0.2) is 35.7 Å². The first-order valence-corrected chi connectivity index (χ1v) is 6.08. The third kappa shape index (κ3) is 1.88. The van der Waals surface area contributed by atoms with Gasteiger partial charge in [-0.3, -0.25) is 9.79 Å². The van der Waals surface area contributed by atoms with Crippen LogP contribution in [0.5, 0.6) is 0 Å². The van der Waals surface area contributed by atoms with Crippen molar-refractivity contribution in [1.82, 2.24) is 9.55 Å². The van der Waals surface area contributed by atoms with E-state index in [2.05, 4.69) is 9.98 Å². The average molecular weight is 254 g/mol. The van der Waals surface area contributed by atoms with E-state index in [-0.39, 0.29) is 12.3 Å². The van der Waals surface area contributed by atoms with Crippen LogP contribution >= 0.6 is 0 Å². The number of imidazole rings is 1. The molecule has 0 atom stereocenters. The molecule has 0 bridgehead atoms. The predicted octanol–water partition coefficient (Wildman–Crippen LogP) is 1.03. The van der Waals surface area contributed by atoms with Crippen molar-refractivity contribution in [2.24, 2.45) is 17.8 Å². The molecule has 2 heterocycles. The highest BCUT2D eigenvalue weighted by atomic mass is 16.1. The van der Waals surface area contributed by atoms with Crippen LogP contribution in [0.2, 0.25) is 0 Å². The Morgan fingerprint density at radius 1 is 1.37 bits per heavy atom. The lowest BCUT2D eigenvalue weighted by atomic mass is 9.94. The van der Waals surface area contributed by atoms with Gasteiger partial charge < -0.3 is 10.3 Å². The second-order valence-electron chi connectivity index (χ2n) is 4.54. The summed E-state index contributed by atoms with van der Waals surface area (Å²) in [6.07, 6.45) is 3.55.